The molecule has 9 heteroatoms. The molecule has 27 heavy (non-hydrogen) atoms. The zero-order valence-electron chi connectivity index (χ0n) is 15.6. The van der Waals surface area contributed by atoms with Gasteiger partial charge in [-0.1, -0.05) is 12.1 Å². The molecule has 0 aliphatic rings. The molecular formula is C18H25IN4O4. The van der Waals surface area contributed by atoms with Gasteiger partial charge in [-0.2, -0.15) is 0 Å². The highest BCUT2D eigenvalue weighted by molar-refractivity contribution is 14.0. The molecule has 0 fully saturated rings. The van der Waals surface area contributed by atoms with E-state index in [2.05, 4.69) is 15.6 Å². The van der Waals surface area contributed by atoms with Gasteiger partial charge < -0.3 is 20.2 Å². The molecule has 2 rings (SSSR count). The predicted octanol–water partition coefficient (Wildman–Crippen LogP) is 3.08. The fourth-order valence-corrected chi connectivity index (χ4v) is 2.35. The molecule has 0 amide bonds. The van der Waals surface area contributed by atoms with Gasteiger partial charge >= 0.3 is 0 Å². The summed E-state index contributed by atoms with van der Waals surface area (Å²) in [6.45, 7) is 6.51. The highest BCUT2D eigenvalue weighted by atomic mass is 127. The molecule has 1 unspecified atom stereocenters. The van der Waals surface area contributed by atoms with Crippen molar-refractivity contribution in [3.8, 4) is 0 Å². The molecule has 0 saturated heterocycles. The Balaban J connectivity index is 0.00000364. The highest BCUT2D eigenvalue weighted by Gasteiger charge is 2.27. The van der Waals surface area contributed by atoms with Crippen LogP contribution in [0.5, 0.6) is 0 Å². The van der Waals surface area contributed by atoms with Crippen LogP contribution >= 0.6 is 24.0 Å². The van der Waals surface area contributed by atoms with Gasteiger partial charge in [0.05, 0.1) is 18.0 Å². The van der Waals surface area contributed by atoms with E-state index < -0.39 is 10.5 Å². The number of rotatable bonds is 7. The summed E-state index contributed by atoms with van der Waals surface area (Å²) in [6.07, 6.45) is 0. The maximum atomic E-state index is 10.9. The number of benzene rings is 1. The molecular weight excluding hydrogens is 463 g/mol. The fraction of sp³-hybridized carbons (Fsp3) is 0.389. The number of furan rings is 1. The van der Waals surface area contributed by atoms with Crippen molar-refractivity contribution in [2.45, 2.75) is 32.9 Å². The van der Waals surface area contributed by atoms with Crippen molar-refractivity contribution in [1.29, 1.82) is 0 Å². The first-order chi connectivity index (χ1) is 12.3. The monoisotopic (exact) mass is 488 g/mol. The number of aryl methyl sites for hydroxylation is 1. The van der Waals surface area contributed by atoms with Gasteiger partial charge in [0.1, 0.15) is 17.1 Å². The number of guanidine groups is 1. The van der Waals surface area contributed by atoms with E-state index in [1.54, 1.807) is 31.2 Å². The van der Waals surface area contributed by atoms with Crippen LogP contribution < -0.4 is 10.6 Å². The minimum atomic E-state index is -1.20. The van der Waals surface area contributed by atoms with E-state index >= 15 is 0 Å². The molecule has 0 aliphatic carbocycles. The second-order valence-corrected chi connectivity index (χ2v) is 6.16. The van der Waals surface area contributed by atoms with Crippen LogP contribution in [0.3, 0.4) is 0 Å². The molecule has 1 heterocycles. The number of hydrogen-bond donors (Lipinski definition) is 3. The van der Waals surface area contributed by atoms with E-state index in [9.17, 15) is 15.2 Å². The molecule has 1 atom stereocenters. The van der Waals surface area contributed by atoms with Gasteiger partial charge in [0.15, 0.2) is 5.96 Å². The van der Waals surface area contributed by atoms with Crippen LogP contribution in [0, 0.1) is 17.0 Å². The van der Waals surface area contributed by atoms with Gasteiger partial charge in [0, 0.05) is 18.7 Å². The molecule has 0 radical (unpaired) electrons. The van der Waals surface area contributed by atoms with Crippen LogP contribution in [-0.2, 0) is 12.1 Å². The first-order valence-electron chi connectivity index (χ1n) is 8.36. The minimum Gasteiger partial charge on any atom is -0.463 e. The molecule has 0 aliphatic heterocycles. The Morgan fingerprint density at radius 3 is 2.67 bits per heavy atom. The average molecular weight is 488 g/mol. The Labute approximate surface area is 175 Å². The van der Waals surface area contributed by atoms with E-state index in [0.717, 1.165) is 11.3 Å². The Morgan fingerprint density at radius 2 is 2.07 bits per heavy atom. The minimum absolute atomic E-state index is 0. The van der Waals surface area contributed by atoms with Gasteiger partial charge in [-0.15, -0.1) is 24.0 Å². The number of nitrogens with one attached hydrogen (secondary N) is 2. The lowest BCUT2D eigenvalue weighted by molar-refractivity contribution is -0.384. The number of nitrogens with zero attached hydrogens (tertiary/aromatic N) is 2. The number of aliphatic hydroxyl groups is 1. The van der Waals surface area contributed by atoms with E-state index in [-0.39, 0.29) is 42.8 Å². The molecule has 0 saturated carbocycles. The zero-order valence-corrected chi connectivity index (χ0v) is 17.9. The molecule has 1 aromatic carbocycles. The molecule has 0 spiro atoms. The van der Waals surface area contributed by atoms with Crippen molar-refractivity contribution in [2.75, 3.05) is 13.1 Å². The van der Waals surface area contributed by atoms with Crippen LogP contribution in [0.1, 0.15) is 30.9 Å². The van der Waals surface area contributed by atoms with Gasteiger partial charge in [0.2, 0.25) is 0 Å². The lowest BCUT2D eigenvalue weighted by atomic mass is 10.0. The molecule has 1 aromatic heterocycles. The summed E-state index contributed by atoms with van der Waals surface area (Å²) in [4.78, 5) is 14.8. The lowest BCUT2D eigenvalue weighted by Crippen LogP contribution is -2.44. The quantitative estimate of drug-likeness (QED) is 0.182. The van der Waals surface area contributed by atoms with Gasteiger partial charge in [0.25, 0.3) is 5.69 Å². The summed E-state index contributed by atoms with van der Waals surface area (Å²) < 4.78 is 5.49. The van der Waals surface area contributed by atoms with E-state index in [4.69, 9.17) is 4.42 Å². The van der Waals surface area contributed by atoms with Crippen molar-refractivity contribution in [1.82, 2.24) is 10.6 Å². The normalized spacial score (nSPS) is 13.4. The topological polar surface area (TPSA) is 113 Å². The SMILES string of the molecule is CCNC(=NCc1cccc([N+](=O)[O-])c1)NCC(C)(O)c1ccc(C)o1.I. The molecule has 3 N–H and O–H groups in total. The first kappa shape index (κ1) is 22.9. The maximum Gasteiger partial charge on any atom is 0.269 e. The highest BCUT2D eigenvalue weighted by Crippen LogP contribution is 2.21. The van der Waals surface area contributed by atoms with E-state index in [1.165, 1.54) is 12.1 Å². The molecule has 8 nitrogen and oxygen atoms in total. The van der Waals surface area contributed by atoms with E-state index in [1.807, 2.05) is 13.8 Å². The van der Waals surface area contributed by atoms with Crippen LogP contribution in [-0.4, -0.2) is 29.1 Å². The third kappa shape index (κ3) is 6.83. The Hall–Kier alpha value is -2.14. The third-order valence-corrected chi connectivity index (χ3v) is 3.76. The molecule has 0 bridgehead atoms. The van der Waals surface area contributed by atoms with Crippen molar-refractivity contribution in [3.05, 3.63) is 63.6 Å². The number of nitro groups is 1. The Kier molecular flexibility index (Phi) is 8.70. The Bertz CT molecular complexity index is 789. The summed E-state index contributed by atoms with van der Waals surface area (Å²) in [6, 6.07) is 9.89. The Morgan fingerprint density at radius 1 is 1.33 bits per heavy atom. The van der Waals surface area contributed by atoms with Gasteiger partial charge in [-0.25, -0.2) is 4.99 Å². The van der Waals surface area contributed by atoms with Crippen LogP contribution in [0.2, 0.25) is 0 Å². The molecule has 2 aromatic rings. The van der Waals surface area contributed by atoms with Crippen molar-refractivity contribution in [3.63, 3.8) is 0 Å². The number of nitro benzene ring substituents is 1. The maximum absolute atomic E-state index is 10.9. The largest absolute Gasteiger partial charge is 0.463 e. The van der Waals surface area contributed by atoms with E-state index in [0.29, 0.717) is 18.3 Å². The summed E-state index contributed by atoms with van der Waals surface area (Å²) in [5, 5.41) is 27.6. The first-order valence-corrected chi connectivity index (χ1v) is 8.36. The summed E-state index contributed by atoms with van der Waals surface area (Å²) in [7, 11) is 0. The zero-order chi connectivity index (χ0) is 19.2. The molecule has 148 valence electrons. The lowest BCUT2D eigenvalue weighted by Gasteiger charge is -2.22. The van der Waals surface area contributed by atoms with Crippen molar-refractivity contribution in [2.24, 2.45) is 4.99 Å². The standard InChI is InChI=1S/C18H24N4O4.HI/c1-4-19-17(20-11-14-6-5-7-15(10-14)22(24)25)21-12-18(3,23)16-9-8-13(2)26-16;/h5-10,23H,4,11-12H2,1-3H3,(H2,19,20,21);1H. The van der Waals surface area contributed by atoms with Crippen LogP contribution in [0.15, 0.2) is 45.8 Å². The number of non-ortho nitro benzene ring substituents is 1. The van der Waals surface area contributed by atoms with Crippen molar-refractivity contribution < 1.29 is 14.4 Å². The third-order valence-electron chi connectivity index (χ3n) is 3.76. The number of hydrogen-bond acceptors (Lipinski definition) is 5. The second kappa shape index (κ2) is 10.3. The van der Waals surface area contributed by atoms with Crippen molar-refractivity contribution >= 4 is 35.6 Å². The summed E-state index contributed by atoms with van der Waals surface area (Å²) in [5.74, 6) is 1.70. The van der Waals surface area contributed by atoms with Gasteiger partial charge in [-0.05, 0) is 38.5 Å². The summed E-state index contributed by atoms with van der Waals surface area (Å²) in [5.41, 5.74) is -0.438. The average Bonchev–Trinajstić information content (AvgIpc) is 3.05. The number of aliphatic imine (C=N–C) groups is 1. The fourth-order valence-electron chi connectivity index (χ4n) is 2.35. The predicted molar refractivity (Wildman–Crippen MR) is 114 cm³/mol. The number of halogens is 1. The van der Waals surface area contributed by atoms with Crippen LogP contribution in [0.4, 0.5) is 5.69 Å². The van der Waals surface area contributed by atoms with Gasteiger partial charge in [-0.3, -0.25) is 10.1 Å². The summed E-state index contributed by atoms with van der Waals surface area (Å²) >= 11 is 0. The second-order valence-electron chi connectivity index (χ2n) is 6.16. The smallest absolute Gasteiger partial charge is 0.269 e. The van der Waals surface area contributed by atoms with Crippen LogP contribution in [0.25, 0.3) is 0 Å².